The van der Waals surface area contributed by atoms with Crippen molar-refractivity contribution in [2.24, 2.45) is 0 Å². The number of nitro groups is 1. The molecule has 0 aliphatic heterocycles. The summed E-state index contributed by atoms with van der Waals surface area (Å²) in [5.74, 6) is -0.527. The molecular formula is C13H8Br2N2O3. The minimum Gasteiger partial charge on any atom is -0.321 e. The minimum absolute atomic E-state index is 0.0207. The summed E-state index contributed by atoms with van der Waals surface area (Å²) in [6.07, 6.45) is 0. The normalized spacial score (nSPS) is 10.1. The summed E-state index contributed by atoms with van der Waals surface area (Å²) >= 11 is 6.62. The van der Waals surface area contributed by atoms with Gasteiger partial charge in [0.05, 0.1) is 10.6 Å². The Bertz CT molecular complexity index is 689. The maximum Gasteiger partial charge on any atom is 0.282 e. The van der Waals surface area contributed by atoms with Crippen molar-refractivity contribution in [3.63, 3.8) is 0 Å². The zero-order valence-corrected chi connectivity index (χ0v) is 13.1. The molecule has 102 valence electrons. The first-order valence-electron chi connectivity index (χ1n) is 5.49. The molecule has 0 atom stereocenters. The Labute approximate surface area is 131 Å². The van der Waals surface area contributed by atoms with Crippen LogP contribution in [0.3, 0.4) is 0 Å². The topological polar surface area (TPSA) is 72.2 Å². The fraction of sp³-hybridized carbons (Fsp3) is 0. The molecular weight excluding hydrogens is 392 g/mol. The molecule has 0 radical (unpaired) electrons. The van der Waals surface area contributed by atoms with Gasteiger partial charge in [-0.3, -0.25) is 14.9 Å². The molecule has 0 bridgehead atoms. The number of carbonyl (C=O) groups is 1. The van der Waals surface area contributed by atoms with E-state index < -0.39 is 10.8 Å². The number of nitrogens with zero attached hydrogens (tertiary/aromatic N) is 1. The van der Waals surface area contributed by atoms with Gasteiger partial charge in [0, 0.05) is 15.0 Å². The van der Waals surface area contributed by atoms with E-state index >= 15 is 0 Å². The summed E-state index contributed by atoms with van der Waals surface area (Å²) in [4.78, 5) is 22.5. The van der Waals surface area contributed by atoms with E-state index in [1.165, 1.54) is 18.2 Å². The smallest absolute Gasteiger partial charge is 0.282 e. The van der Waals surface area contributed by atoms with Gasteiger partial charge in [-0.25, -0.2) is 0 Å². The van der Waals surface area contributed by atoms with Crippen molar-refractivity contribution in [1.29, 1.82) is 0 Å². The summed E-state index contributed by atoms with van der Waals surface area (Å²) in [5.41, 5.74) is 0.335. The van der Waals surface area contributed by atoms with Gasteiger partial charge in [-0.2, -0.15) is 0 Å². The first-order valence-corrected chi connectivity index (χ1v) is 7.07. The maximum atomic E-state index is 12.1. The summed E-state index contributed by atoms with van der Waals surface area (Å²) in [5, 5.41) is 13.5. The van der Waals surface area contributed by atoms with Gasteiger partial charge in [-0.05, 0) is 40.2 Å². The zero-order valence-electron chi connectivity index (χ0n) is 9.97. The van der Waals surface area contributed by atoms with Crippen molar-refractivity contribution < 1.29 is 9.72 Å². The zero-order chi connectivity index (χ0) is 14.7. The van der Waals surface area contributed by atoms with Crippen molar-refractivity contribution in [1.82, 2.24) is 0 Å². The number of nitrogens with one attached hydrogen (secondary N) is 1. The van der Waals surface area contributed by atoms with Crippen molar-refractivity contribution >= 4 is 49.1 Å². The highest BCUT2D eigenvalue weighted by atomic mass is 79.9. The highest BCUT2D eigenvalue weighted by Gasteiger charge is 2.19. The van der Waals surface area contributed by atoms with Gasteiger partial charge in [-0.1, -0.05) is 28.1 Å². The summed E-state index contributed by atoms with van der Waals surface area (Å²) in [6, 6.07) is 11.0. The molecule has 2 aromatic carbocycles. The van der Waals surface area contributed by atoms with Crippen LogP contribution in [0.2, 0.25) is 0 Å². The van der Waals surface area contributed by atoms with Crippen molar-refractivity contribution in [3.8, 4) is 0 Å². The monoisotopic (exact) mass is 398 g/mol. The van der Waals surface area contributed by atoms with E-state index in [4.69, 9.17) is 0 Å². The summed E-state index contributed by atoms with van der Waals surface area (Å²) in [7, 11) is 0. The number of benzene rings is 2. The maximum absolute atomic E-state index is 12.1. The van der Waals surface area contributed by atoms with Crippen LogP contribution in [0.5, 0.6) is 0 Å². The van der Waals surface area contributed by atoms with Crippen LogP contribution in [-0.2, 0) is 0 Å². The molecule has 2 rings (SSSR count). The van der Waals surface area contributed by atoms with E-state index in [0.717, 1.165) is 4.47 Å². The fourth-order valence-electron chi connectivity index (χ4n) is 1.61. The van der Waals surface area contributed by atoms with Gasteiger partial charge >= 0.3 is 0 Å². The fourth-order valence-corrected chi connectivity index (χ4v) is 2.75. The van der Waals surface area contributed by atoms with Crippen LogP contribution in [0, 0.1) is 10.1 Å². The lowest BCUT2D eigenvalue weighted by Gasteiger charge is -2.08. The summed E-state index contributed by atoms with van der Waals surface area (Å²) < 4.78 is 1.53. The van der Waals surface area contributed by atoms with E-state index in [0.29, 0.717) is 10.2 Å². The standard InChI is InChI=1S/C13H8Br2N2O3/c14-8-5-6-11(10(15)7-8)16-13(18)9-3-1-2-4-12(9)17(19)20/h1-7H,(H,16,18). The van der Waals surface area contributed by atoms with E-state index in [2.05, 4.69) is 37.2 Å². The highest BCUT2D eigenvalue weighted by molar-refractivity contribution is 9.11. The molecule has 0 unspecified atom stereocenters. The van der Waals surface area contributed by atoms with Crippen LogP contribution in [0.4, 0.5) is 11.4 Å². The van der Waals surface area contributed by atoms with E-state index in [1.807, 2.05) is 0 Å². The van der Waals surface area contributed by atoms with Crippen LogP contribution in [-0.4, -0.2) is 10.8 Å². The lowest BCUT2D eigenvalue weighted by atomic mass is 10.1. The first kappa shape index (κ1) is 14.7. The number of hydrogen-bond acceptors (Lipinski definition) is 3. The largest absolute Gasteiger partial charge is 0.321 e. The van der Waals surface area contributed by atoms with Crippen molar-refractivity contribution in [2.75, 3.05) is 5.32 Å². The molecule has 1 N–H and O–H groups in total. The molecule has 0 saturated heterocycles. The van der Waals surface area contributed by atoms with Gasteiger partial charge in [0.2, 0.25) is 0 Å². The lowest BCUT2D eigenvalue weighted by Crippen LogP contribution is -2.14. The van der Waals surface area contributed by atoms with Gasteiger partial charge in [0.25, 0.3) is 11.6 Å². The second kappa shape index (κ2) is 6.15. The quantitative estimate of drug-likeness (QED) is 0.615. The average Bonchev–Trinajstić information content (AvgIpc) is 2.41. The third-order valence-electron chi connectivity index (χ3n) is 2.52. The molecule has 0 heterocycles. The number of anilines is 1. The third-order valence-corrected chi connectivity index (χ3v) is 3.67. The Morgan fingerprint density at radius 2 is 1.85 bits per heavy atom. The molecule has 0 aliphatic carbocycles. The van der Waals surface area contributed by atoms with Gasteiger partial charge in [-0.15, -0.1) is 0 Å². The van der Waals surface area contributed by atoms with E-state index in [9.17, 15) is 14.9 Å². The van der Waals surface area contributed by atoms with E-state index in [-0.39, 0.29) is 11.3 Å². The second-order valence-electron chi connectivity index (χ2n) is 3.85. The molecule has 0 saturated carbocycles. The second-order valence-corrected chi connectivity index (χ2v) is 5.62. The summed E-state index contributed by atoms with van der Waals surface area (Å²) in [6.45, 7) is 0. The number of hydrogen-bond donors (Lipinski definition) is 1. The van der Waals surface area contributed by atoms with Gasteiger partial charge < -0.3 is 5.32 Å². The van der Waals surface area contributed by atoms with Crippen molar-refractivity contribution in [2.45, 2.75) is 0 Å². The molecule has 0 fully saturated rings. The Kier molecular flexibility index (Phi) is 4.51. The van der Waals surface area contributed by atoms with Crippen LogP contribution >= 0.6 is 31.9 Å². The number of para-hydroxylation sites is 1. The van der Waals surface area contributed by atoms with Crippen LogP contribution < -0.4 is 5.32 Å². The molecule has 0 aromatic heterocycles. The van der Waals surface area contributed by atoms with Crippen LogP contribution in [0.1, 0.15) is 10.4 Å². The third kappa shape index (κ3) is 3.23. The molecule has 7 heteroatoms. The van der Waals surface area contributed by atoms with Gasteiger partial charge in [0.15, 0.2) is 0 Å². The van der Waals surface area contributed by atoms with Crippen molar-refractivity contribution in [3.05, 3.63) is 67.1 Å². The molecule has 20 heavy (non-hydrogen) atoms. The van der Waals surface area contributed by atoms with Crippen LogP contribution in [0.25, 0.3) is 0 Å². The highest BCUT2D eigenvalue weighted by Crippen LogP contribution is 2.27. The Morgan fingerprint density at radius 3 is 2.50 bits per heavy atom. The molecule has 2 aromatic rings. The predicted octanol–water partition coefficient (Wildman–Crippen LogP) is 4.37. The number of halogens is 2. The molecule has 0 spiro atoms. The number of nitro benzene ring substituents is 1. The minimum atomic E-state index is -0.578. The van der Waals surface area contributed by atoms with E-state index in [1.54, 1.807) is 24.3 Å². The Morgan fingerprint density at radius 1 is 1.15 bits per heavy atom. The number of carbonyl (C=O) groups excluding carboxylic acids is 1. The molecule has 1 amide bonds. The SMILES string of the molecule is O=C(Nc1ccc(Br)cc1Br)c1ccccc1[N+](=O)[O-]. The Hall–Kier alpha value is -1.73. The lowest BCUT2D eigenvalue weighted by molar-refractivity contribution is -0.385. The number of rotatable bonds is 3. The molecule has 0 aliphatic rings. The number of amides is 1. The molecule has 5 nitrogen and oxygen atoms in total. The predicted molar refractivity (Wildman–Crippen MR) is 82.9 cm³/mol. The Balaban J connectivity index is 2.31. The average molecular weight is 400 g/mol. The van der Waals surface area contributed by atoms with Crippen LogP contribution in [0.15, 0.2) is 51.4 Å². The van der Waals surface area contributed by atoms with Gasteiger partial charge in [0.1, 0.15) is 5.56 Å². The first-order chi connectivity index (χ1) is 9.49.